The zero-order valence-electron chi connectivity index (χ0n) is 17.1. The van der Waals surface area contributed by atoms with Gasteiger partial charge < -0.3 is 14.4 Å². The Hall–Kier alpha value is -2.14. The summed E-state index contributed by atoms with van der Waals surface area (Å²) in [7, 11) is -0.259. The fraction of sp³-hybridized carbons (Fsp3) is 0.286. The summed E-state index contributed by atoms with van der Waals surface area (Å²) in [5.41, 5.74) is 1.71. The first-order valence-electron chi connectivity index (χ1n) is 9.61. The number of hydrogen-bond acceptors (Lipinski definition) is 7. The van der Waals surface area contributed by atoms with Gasteiger partial charge in [0.1, 0.15) is 11.5 Å². The van der Waals surface area contributed by atoms with Gasteiger partial charge in [0, 0.05) is 47.7 Å². The average molecular weight is 524 g/mol. The molecule has 10 heteroatoms. The smallest absolute Gasteiger partial charge is 0.243 e. The summed E-state index contributed by atoms with van der Waals surface area (Å²) in [6.45, 7) is 2.00. The fourth-order valence-electron chi connectivity index (χ4n) is 3.42. The molecule has 0 N–H and O–H groups in total. The standard InChI is InChI=1S/C21H22BrN3O4S2/c1-28-16-5-8-18(20(13-16)29-2)19-14-30-21(23-19)24-9-11-25(12-10-24)31(26,27)17-6-3-15(22)4-7-17/h3-8,13-14H,9-12H2,1-2H3. The van der Waals surface area contributed by atoms with Crippen LogP contribution in [0.5, 0.6) is 11.5 Å². The van der Waals surface area contributed by atoms with E-state index >= 15 is 0 Å². The quantitative estimate of drug-likeness (QED) is 0.484. The number of rotatable bonds is 6. The van der Waals surface area contributed by atoms with E-state index in [1.807, 2.05) is 23.6 Å². The minimum atomic E-state index is -3.50. The topological polar surface area (TPSA) is 72.0 Å². The van der Waals surface area contributed by atoms with Gasteiger partial charge >= 0.3 is 0 Å². The highest BCUT2D eigenvalue weighted by Crippen LogP contribution is 2.36. The van der Waals surface area contributed by atoms with Gasteiger partial charge in [0.25, 0.3) is 0 Å². The number of hydrogen-bond donors (Lipinski definition) is 0. The third-order valence-corrected chi connectivity index (χ3v) is 8.48. The molecule has 3 aromatic rings. The molecular weight excluding hydrogens is 502 g/mol. The van der Waals surface area contributed by atoms with Crippen molar-refractivity contribution in [1.29, 1.82) is 0 Å². The molecule has 0 radical (unpaired) electrons. The minimum Gasteiger partial charge on any atom is -0.497 e. The van der Waals surface area contributed by atoms with Crippen molar-refractivity contribution >= 4 is 42.4 Å². The lowest BCUT2D eigenvalue weighted by molar-refractivity contribution is 0.384. The van der Waals surface area contributed by atoms with Gasteiger partial charge in [0.15, 0.2) is 5.13 Å². The number of ether oxygens (including phenoxy) is 2. The average Bonchev–Trinajstić information content (AvgIpc) is 3.29. The Kier molecular flexibility index (Phi) is 6.52. The van der Waals surface area contributed by atoms with Crippen LogP contribution in [0.15, 0.2) is 57.2 Å². The molecule has 0 atom stereocenters. The molecule has 164 valence electrons. The van der Waals surface area contributed by atoms with Crippen LogP contribution in [0.2, 0.25) is 0 Å². The maximum atomic E-state index is 12.9. The number of benzene rings is 2. The molecule has 0 aliphatic carbocycles. The second-order valence-corrected chi connectivity index (χ2v) is 10.6. The van der Waals surface area contributed by atoms with Crippen molar-refractivity contribution in [3.05, 3.63) is 52.3 Å². The number of sulfonamides is 1. The molecule has 0 saturated carbocycles. The van der Waals surface area contributed by atoms with E-state index in [0.717, 1.165) is 26.6 Å². The van der Waals surface area contributed by atoms with E-state index in [2.05, 4.69) is 20.8 Å². The highest BCUT2D eigenvalue weighted by Gasteiger charge is 2.29. The van der Waals surface area contributed by atoms with Crippen LogP contribution in [0.4, 0.5) is 5.13 Å². The van der Waals surface area contributed by atoms with Crippen molar-refractivity contribution in [2.24, 2.45) is 0 Å². The molecular formula is C21H22BrN3O4S2. The Labute approximate surface area is 194 Å². The third kappa shape index (κ3) is 4.57. The van der Waals surface area contributed by atoms with Gasteiger partial charge in [-0.25, -0.2) is 13.4 Å². The van der Waals surface area contributed by atoms with E-state index in [-0.39, 0.29) is 0 Å². The van der Waals surface area contributed by atoms with Crippen LogP contribution in [-0.4, -0.2) is 58.1 Å². The Morgan fingerprint density at radius 3 is 2.35 bits per heavy atom. The van der Waals surface area contributed by atoms with E-state index in [1.165, 1.54) is 4.31 Å². The lowest BCUT2D eigenvalue weighted by Gasteiger charge is -2.33. The van der Waals surface area contributed by atoms with Crippen LogP contribution in [0.25, 0.3) is 11.3 Å². The van der Waals surface area contributed by atoms with Crippen LogP contribution in [0, 0.1) is 0 Å². The molecule has 0 spiro atoms. The number of aromatic nitrogens is 1. The maximum Gasteiger partial charge on any atom is 0.243 e. The molecule has 1 saturated heterocycles. The molecule has 1 fully saturated rings. The fourth-order valence-corrected chi connectivity index (χ4v) is 5.98. The number of nitrogens with zero attached hydrogens (tertiary/aromatic N) is 3. The molecule has 1 aliphatic rings. The lowest BCUT2D eigenvalue weighted by atomic mass is 10.1. The number of piperazine rings is 1. The predicted molar refractivity (Wildman–Crippen MR) is 126 cm³/mol. The van der Waals surface area contributed by atoms with Gasteiger partial charge in [-0.1, -0.05) is 15.9 Å². The van der Waals surface area contributed by atoms with Gasteiger partial charge in [-0.2, -0.15) is 4.31 Å². The second-order valence-electron chi connectivity index (χ2n) is 6.93. The molecule has 1 aliphatic heterocycles. The monoisotopic (exact) mass is 523 g/mol. The second kappa shape index (κ2) is 9.15. The summed E-state index contributed by atoms with van der Waals surface area (Å²) in [6.07, 6.45) is 0. The van der Waals surface area contributed by atoms with Crippen LogP contribution >= 0.6 is 27.3 Å². The molecule has 2 heterocycles. The van der Waals surface area contributed by atoms with Crippen molar-refractivity contribution in [1.82, 2.24) is 9.29 Å². The van der Waals surface area contributed by atoms with Crippen molar-refractivity contribution in [2.45, 2.75) is 4.90 Å². The van der Waals surface area contributed by atoms with Gasteiger partial charge in [0.2, 0.25) is 10.0 Å². The number of methoxy groups -OCH3 is 2. The summed E-state index contributed by atoms with van der Waals surface area (Å²) < 4.78 is 39.0. The summed E-state index contributed by atoms with van der Waals surface area (Å²) in [4.78, 5) is 7.21. The largest absolute Gasteiger partial charge is 0.497 e. The first-order valence-corrected chi connectivity index (χ1v) is 12.7. The van der Waals surface area contributed by atoms with Crippen LogP contribution in [0.3, 0.4) is 0 Å². The van der Waals surface area contributed by atoms with E-state index < -0.39 is 10.0 Å². The SMILES string of the molecule is COc1ccc(-c2csc(N3CCN(S(=O)(=O)c4ccc(Br)cc4)CC3)n2)c(OC)c1. The van der Waals surface area contributed by atoms with E-state index in [1.54, 1.807) is 49.8 Å². The van der Waals surface area contributed by atoms with E-state index in [4.69, 9.17) is 14.5 Å². The van der Waals surface area contributed by atoms with Gasteiger partial charge in [-0.3, -0.25) is 0 Å². The molecule has 0 amide bonds. The Balaban J connectivity index is 1.47. The van der Waals surface area contributed by atoms with Crippen molar-refractivity contribution in [2.75, 3.05) is 45.3 Å². The molecule has 31 heavy (non-hydrogen) atoms. The van der Waals surface area contributed by atoms with Gasteiger partial charge in [-0.05, 0) is 36.4 Å². The summed E-state index contributed by atoms with van der Waals surface area (Å²) in [5.74, 6) is 1.42. The molecule has 4 rings (SSSR count). The molecule has 1 aromatic heterocycles. The summed E-state index contributed by atoms with van der Waals surface area (Å²) in [6, 6.07) is 12.4. The predicted octanol–water partition coefficient (Wildman–Crippen LogP) is 4.10. The Morgan fingerprint density at radius 2 is 1.71 bits per heavy atom. The summed E-state index contributed by atoms with van der Waals surface area (Å²) >= 11 is 4.88. The van der Waals surface area contributed by atoms with E-state index in [9.17, 15) is 8.42 Å². The number of thiazole rings is 1. The number of halogens is 1. The summed E-state index contributed by atoms with van der Waals surface area (Å²) in [5, 5.41) is 2.86. The normalized spacial score (nSPS) is 15.1. The molecule has 0 bridgehead atoms. The highest BCUT2D eigenvalue weighted by atomic mass is 79.9. The zero-order valence-corrected chi connectivity index (χ0v) is 20.3. The first-order chi connectivity index (χ1) is 14.9. The molecule has 2 aromatic carbocycles. The van der Waals surface area contributed by atoms with Crippen LogP contribution in [-0.2, 0) is 10.0 Å². The van der Waals surface area contributed by atoms with Crippen LogP contribution < -0.4 is 14.4 Å². The Morgan fingerprint density at radius 1 is 1.00 bits per heavy atom. The Bertz CT molecular complexity index is 1160. The minimum absolute atomic E-state index is 0.312. The number of anilines is 1. The maximum absolute atomic E-state index is 12.9. The molecule has 7 nitrogen and oxygen atoms in total. The highest BCUT2D eigenvalue weighted by molar-refractivity contribution is 9.10. The van der Waals surface area contributed by atoms with Gasteiger partial charge in [-0.15, -0.1) is 11.3 Å². The van der Waals surface area contributed by atoms with Gasteiger partial charge in [0.05, 0.1) is 24.8 Å². The van der Waals surface area contributed by atoms with Crippen LogP contribution in [0.1, 0.15) is 0 Å². The third-order valence-electron chi connectivity index (χ3n) is 5.14. The van der Waals surface area contributed by atoms with Crippen molar-refractivity contribution < 1.29 is 17.9 Å². The van der Waals surface area contributed by atoms with E-state index in [0.29, 0.717) is 36.8 Å². The van der Waals surface area contributed by atoms with Crippen molar-refractivity contribution in [3.8, 4) is 22.8 Å². The van der Waals surface area contributed by atoms with Crippen molar-refractivity contribution in [3.63, 3.8) is 0 Å². The lowest BCUT2D eigenvalue weighted by Crippen LogP contribution is -2.48. The zero-order chi connectivity index (χ0) is 22.0. The first kappa shape index (κ1) is 22.1. The molecule has 0 unspecified atom stereocenters.